The van der Waals surface area contributed by atoms with Crippen LogP contribution in [-0.4, -0.2) is 40.8 Å². The molecule has 3 amide bonds. The number of thiazole rings is 1. The summed E-state index contributed by atoms with van der Waals surface area (Å²) in [5.74, 6) is -0.234. The zero-order valence-corrected chi connectivity index (χ0v) is 27.6. The number of hydrogen-bond acceptors (Lipinski definition) is 7. The lowest BCUT2D eigenvalue weighted by molar-refractivity contribution is 0.0578. The van der Waals surface area contributed by atoms with E-state index in [1.165, 1.54) is 16.2 Å². The van der Waals surface area contributed by atoms with Crippen molar-refractivity contribution in [1.82, 2.24) is 4.98 Å². The second-order valence-corrected chi connectivity index (χ2v) is 13.4. The molecule has 0 atom stereocenters. The summed E-state index contributed by atoms with van der Waals surface area (Å²) in [4.78, 5) is 44.7. The number of amides is 3. The van der Waals surface area contributed by atoms with Crippen LogP contribution in [0.15, 0.2) is 78.2 Å². The third-order valence-electron chi connectivity index (χ3n) is 6.34. The van der Waals surface area contributed by atoms with Gasteiger partial charge in [-0.05, 0) is 89.9 Å². The van der Waals surface area contributed by atoms with Gasteiger partial charge in [-0.15, -0.1) is 11.3 Å². The maximum absolute atomic E-state index is 13.3. The van der Waals surface area contributed by atoms with Crippen LogP contribution >= 0.6 is 11.3 Å². The van der Waals surface area contributed by atoms with Crippen LogP contribution in [0.1, 0.15) is 63.2 Å². The molecule has 9 nitrogen and oxygen atoms in total. The number of carbonyl (C=O) groups is 3. The first-order valence-corrected chi connectivity index (χ1v) is 15.6. The fourth-order valence-corrected chi connectivity index (χ4v) is 5.06. The Morgan fingerprint density at radius 2 is 1.47 bits per heavy atom. The van der Waals surface area contributed by atoms with Crippen LogP contribution in [-0.2, 0) is 15.9 Å². The average Bonchev–Trinajstić information content (AvgIpc) is 3.39. The van der Waals surface area contributed by atoms with Gasteiger partial charge in [-0.1, -0.05) is 48.0 Å². The van der Waals surface area contributed by atoms with Gasteiger partial charge < -0.3 is 14.8 Å². The van der Waals surface area contributed by atoms with E-state index in [0.717, 1.165) is 16.7 Å². The number of benzene rings is 3. The average molecular weight is 629 g/mol. The molecule has 4 rings (SSSR count). The Hall–Kier alpha value is -4.70. The summed E-state index contributed by atoms with van der Waals surface area (Å²) >= 11 is 1.28. The Morgan fingerprint density at radius 3 is 2.11 bits per heavy atom. The van der Waals surface area contributed by atoms with E-state index in [1.54, 1.807) is 51.1 Å². The minimum absolute atomic E-state index is 0.234. The highest BCUT2D eigenvalue weighted by atomic mass is 32.1. The summed E-state index contributed by atoms with van der Waals surface area (Å²) in [5.41, 5.74) is 4.08. The fraction of sp³-hybridized carbons (Fsp3) is 0.314. The van der Waals surface area contributed by atoms with Gasteiger partial charge in [0.1, 0.15) is 11.2 Å². The quantitative estimate of drug-likeness (QED) is 0.202. The molecule has 0 fully saturated rings. The molecule has 0 spiro atoms. The second kappa shape index (κ2) is 13.9. The van der Waals surface area contributed by atoms with Crippen molar-refractivity contribution in [2.75, 3.05) is 22.1 Å². The molecular weight excluding hydrogens is 588 g/mol. The number of rotatable bonds is 8. The van der Waals surface area contributed by atoms with Crippen molar-refractivity contribution in [3.63, 3.8) is 0 Å². The number of aromatic nitrogens is 1. The Labute approximate surface area is 268 Å². The first-order valence-electron chi connectivity index (χ1n) is 14.7. The highest BCUT2D eigenvalue weighted by Crippen LogP contribution is 2.27. The van der Waals surface area contributed by atoms with Crippen LogP contribution < -0.4 is 15.5 Å². The van der Waals surface area contributed by atoms with Crippen molar-refractivity contribution in [3.05, 3.63) is 95.0 Å². The molecule has 0 aliphatic carbocycles. The first kappa shape index (κ1) is 33.2. The molecule has 0 aliphatic heterocycles. The third-order valence-corrected chi connectivity index (χ3v) is 7.14. The molecule has 0 unspecified atom stereocenters. The van der Waals surface area contributed by atoms with Crippen LogP contribution in [0.25, 0.3) is 11.1 Å². The molecule has 2 N–H and O–H groups in total. The number of carbonyl (C=O) groups excluding carboxylic acids is 3. The Bertz CT molecular complexity index is 1630. The third kappa shape index (κ3) is 9.90. The van der Waals surface area contributed by atoms with Crippen LogP contribution in [0.3, 0.4) is 0 Å². The van der Waals surface area contributed by atoms with Gasteiger partial charge in [0.15, 0.2) is 5.13 Å². The highest BCUT2D eigenvalue weighted by molar-refractivity contribution is 7.13. The van der Waals surface area contributed by atoms with Gasteiger partial charge in [0.2, 0.25) is 0 Å². The van der Waals surface area contributed by atoms with Gasteiger partial charge in [-0.3, -0.25) is 15.0 Å². The molecule has 0 bridgehead atoms. The molecule has 1 heterocycles. The van der Waals surface area contributed by atoms with E-state index < -0.39 is 23.4 Å². The van der Waals surface area contributed by atoms with E-state index in [4.69, 9.17) is 9.47 Å². The number of nitrogens with zero attached hydrogens (tertiary/aromatic N) is 2. The van der Waals surface area contributed by atoms with Crippen molar-refractivity contribution in [1.29, 1.82) is 0 Å². The number of hydrogen-bond donors (Lipinski definition) is 2. The SMILES string of the molecule is Cc1ccc(-c2ccccc2C(=O)Nc2ccc(N(CCc3csc(NC(=O)OC(C)(C)C)n3)C(=O)OC(C)(C)C)cc2)cc1. The van der Waals surface area contributed by atoms with Crippen LogP contribution in [0.2, 0.25) is 0 Å². The van der Waals surface area contributed by atoms with Gasteiger partial charge in [0.05, 0.1) is 5.69 Å². The summed E-state index contributed by atoms with van der Waals surface area (Å²) in [6.45, 7) is 13.1. The summed E-state index contributed by atoms with van der Waals surface area (Å²) in [7, 11) is 0. The minimum Gasteiger partial charge on any atom is -0.444 e. The van der Waals surface area contributed by atoms with Gasteiger partial charge in [0.25, 0.3) is 5.91 Å². The smallest absolute Gasteiger partial charge is 0.414 e. The van der Waals surface area contributed by atoms with Crippen molar-refractivity contribution in [3.8, 4) is 11.1 Å². The monoisotopic (exact) mass is 628 g/mol. The predicted octanol–water partition coefficient (Wildman–Crippen LogP) is 8.70. The lowest BCUT2D eigenvalue weighted by Gasteiger charge is -2.27. The van der Waals surface area contributed by atoms with Crippen molar-refractivity contribution in [2.24, 2.45) is 0 Å². The Kier molecular flexibility index (Phi) is 10.3. The normalized spacial score (nSPS) is 11.4. The van der Waals surface area contributed by atoms with Gasteiger partial charge in [-0.2, -0.15) is 0 Å². The molecule has 1 aromatic heterocycles. The lowest BCUT2D eigenvalue weighted by Crippen LogP contribution is -2.38. The van der Waals surface area contributed by atoms with Crippen molar-refractivity contribution < 1.29 is 23.9 Å². The number of aryl methyl sites for hydroxylation is 1. The van der Waals surface area contributed by atoms with Gasteiger partial charge in [0, 0.05) is 35.3 Å². The predicted molar refractivity (Wildman–Crippen MR) is 180 cm³/mol. The molecule has 0 aliphatic rings. The van der Waals surface area contributed by atoms with Gasteiger partial charge >= 0.3 is 12.2 Å². The van der Waals surface area contributed by atoms with Crippen molar-refractivity contribution in [2.45, 2.75) is 66.1 Å². The van der Waals surface area contributed by atoms with E-state index in [2.05, 4.69) is 15.6 Å². The molecule has 0 saturated carbocycles. The van der Waals surface area contributed by atoms with E-state index in [1.807, 2.05) is 75.5 Å². The topological polar surface area (TPSA) is 110 Å². The standard InChI is InChI=1S/C35H40N4O5S/c1-23-12-14-24(15-13-23)28-10-8-9-11-29(28)30(40)36-25-16-18-27(19-17-25)39(33(42)44-35(5,6)7)21-20-26-22-45-31(37-26)38-32(41)43-34(2,3)4/h8-19,22H,20-21H2,1-7H3,(H,36,40)(H,37,38,41). The lowest BCUT2D eigenvalue weighted by atomic mass is 9.98. The van der Waals surface area contributed by atoms with E-state index >= 15 is 0 Å². The number of ether oxygens (including phenoxy) is 2. The van der Waals surface area contributed by atoms with Crippen molar-refractivity contribution >= 4 is 45.9 Å². The second-order valence-electron chi connectivity index (χ2n) is 12.6. The summed E-state index contributed by atoms with van der Waals surface area (Å²) in [6, 6.07) is 22.6. The number of nitrogens with one attached hydrogen (secondary N) is 2. The molecule has 3 aromatic carbocycles. The summed E-state index contributed by atoms with van der Waals surface area (Å²) in [5, 5.41) is 7.86. The fourth-order valence-electron chi connectivity index (χ4n) is 4.33. The van der Waals surface area contributed by atoms with Crippen LogP contribution in [0.4, 0.5) is 26.1 Å². The van der Waals surface area contributed by atoms with Crippen LogP contribution in [0.5, 0.6) is 0 Å². The zero-order valence-electron chi connectivity index (χ0n) is 26.8. The maximum Gasteiger partial charge on any atom is 0.414 e. The van der Waals surface area contributed by atoms with E-state index in [-0.39, 0.29) is 12.5 Å². The van der Waals surface area contributed by atoms with E-state index in [9.17, 15) is 14.4 Å². The van der Waals surface area contributed by atoms with Gasteiger partial charge in [-0.25, -0.2) is 14.6 Å². The zero-order chi connectivity index (χ0) is 32.8. The highest BCUT2D eigenvalue weighted by Gasteiger charge is 2.24. The number of anilines is 3. The Morgan fingerprint density at radius 1 is 0.822 bits per heavy atom. The van der Waals surface area contributed by atoms with Crippen LogP contribution in [0, 0.1) is 6.92 Å². The molecule has 0 saturated heterocycles. The molecule has 236 valence electrons. The Balaban J connectivity index is 1.47. The summed E-state index contributed by atoms with van der Waals surface area (Å²) in [6.07, 6.45) is -0.668. The maximum atomic E-state index is 13.3. The molecule has 45 heavy (non-hydrogen) atoms. The largest absolute Gasteiger partial charge is 0.444 e. The molecular formula is C35H40N4O5S. The molecule has 0 radical (unpaired) electrons. The minimum atomic E-state index is -0.695. The molecule has 10 heteroatoms. The first-order chi connectivity index (χ1) is 21.2. The van der Waals surface area contributed by atoms with E-state index in [0.29, 0.717) is 34.2 Å². The molecule has 4 aromatic rings. The summed E-state index contributed by atoms with van der Waals surface area (Å²) < 4.78 is 11.0.